The van der Waals surface area contributed by atoms with Crippen molar-refractivity contribution in [2.24, 2.45) is 0 Å². The van der Waals surface area contributed by atoms with Gasteiger partial charge in [0.25, 0.3) is 0 Å². The number of nitrogens with zero attached hydrogens (tertiary/aromatic N) is 2. The molecule has 2 aliphatic heterocycles. The molecule has 0 spiro atoms. The van der Waals surface area contributed by atoms with Crippen molar-refractivity contribution >= 4 is 62.4 Å². The van der Waals surface area contributed by atoms with Crippen LogP contribution in [0.4, 0.5) is 0 Å². The van der Waals surface area contributed by atoms with Gasteiger partial charge in [-0.3, -0.25) is 9.59 Å². The van der Waals surface area contributed by atoms with Crippen LogP contribution in [0.25, 0.3) is 50.4 Å². The number of fused-ring (bicyclic) bond motifs is 8. The molecule has 8 bridgehead atoms. The van der Waals surface area contributed by atoms with Crippen LogP contribution in [0.1, 0.15) is 104 Å². The smallest absolute Gasteiger partial charge is 0.303 e. The van der Waals surface area contributed by atoms with Crippen LogP contribution in [-0.2, 0) is 9.59 Å². The second-order valence-corrected chi connectivity index (χ2v) is 11.7. The first-order valence-electron chi connectivity index (χ1n) is 14.6. The Morgan fingerprint density at radius 1 is 0.744 bits per heavy atom. The normalized spacial score (nSPS) is 13.3. The third-order valence-corrected chi connectivity index (χ3v) is 8.59. The molecule has 5 heterocycles. The van der Waals surface area contributed by atoms with Gasteiger partial charge in [-0.25, -0.2) is 9.97 Å². The van der Waals surface area contributed by atoms with Gasteiger partial charge in [-0.1, -0.05) is 26.5 Å². The van der Waals surface area contributed by atoms with Crippen LogP contribution in [0, 0.1) is 13.8 Å². The molecule has 0 aromatic carbocycles. The van der Waals surface area contributed by atoms with E-state index >= 15 is 0 Å². The third-order valence-electron chi connectivity index (χ3n) is 8.59. The lowest BCUT2D eigenvalue weighted by Gasteiger charge is -2.05. The minimum Gasteiger partial charge on any atom is -0.481 e. The average Bonchev–Trinajstić information content (AvgIpc) is 3.59. The van der Waals surface area contributed by atoms with Crippen LogP contribution in [0.5, 0.6) is 0 Å². The first-order chi connectivity index (χ1) is 20.4. The van der Waals surface area contributed by atoms with E-state index in [4.69, 9.17) is 9.97 Å². The van der Waals surface area contributed by atoms with Gasteiger partial charge in [0, 0.05) is 40.5 Å². The van der Waals surface area contributed by atoms with Crippen molar-refractivity contribution in [3.8, 4) is 0 Å². The van der Waals surface area contributed by atoms with Crippen molar-refractivity contribution in [1.29, 1.82) is 0 Å². The number of aromatic nitrogens is 4. The van der Waals surface area contributed by atoms with Gasteiger partial charge in [-0.05, 0) is 110 Å². The molecule has 0 atom stereocenters. The lowest BCUT2D eigenvalue weighted by Crippen LogP contribution is -1.97. The molecule has 3 aromatic rings. The second-order valence-electron chi connectivity index (χ2n) is 11.7. The molecule has 43 heavy (non-hydrogen) atoms. The molecule has 222 valence electrons. The highest BCUT2D eigenvalue weighted by atomic mass is 16.4. The van der Waals surface area contributed by atoms with Crippen LogP contribution >= 0.6 is 0 Å². The van der Waals surface area contributed by atoms with E-state index < -0.39 is 11.9 Å². The van der Waals surface area contributed by atoms with Gasteiger partial charge < -0.3 is 20.2 Å². The summed E-state index contributed by atoms with van der Waals surface area (Å²) in [5, 5.41) is 18.9. The Kier molecular flexibility index (Phi) is 7.97. The molecule has 0 unspecified atom stereocenters. The number of aromatic amines is 2. The quantitative estimate of drug-likeness (QED) is 0.213. The number of allylic oxidation sites excluding steroid dienone is 4. The highest BCUT2D eigenvalue weighted by Gasteiger charge is 2.23. The summed E-state index contributed by atoms with van der Waals surface area (Å²) in [6.45, 7) is 16.6. The minimum absolute atomic E-state index is 0.0259. The summed E-state index contributed by atoms with van der Waals surface area (Å²) in [4.78, 5) is 40.3. The number of hydrogen-bond acceptors (Lipinski definition) is 4. The number of H-pyrrole nitrogens is 2. The second kappa shape index (κ2) is 11.5. The van der Waals surface area contributed by atoms with E-state index in [0.717, 1.165) is 72.4 Å². The van der Waals surface area contributed by atoms with Crippen molar-refractivity contribution in [2.45, 2.75) is 73.1 Å². The van der Waals surface area contributed by atoms with Crippen molar-refractivity contribution in [3.05, 3.63) is 75.9 Å². The molecule has 2 aliphatic rings. The number of nitrogens with one attached hydrogen (secondary N) is 2. The van der Waals surface area contributed by atoms with E-state index in [-0.39, 0.29) is 18.8 Å². The molecule has 0 fully saturated rings. The predicted octanol–water partition coefficient (Wildman–Crippen LogP) is 8.29. The lowest BCUT2D eigenvalue weighted by atomic mass is 9.98. The molecule has 5 rings (SSSR count). The highest BCUT2D eigenvalue weighted by Crippen LogP contribution is 2.38. The largest absolute Gasteiger partial charge is 0.481 e. The Bertz CT molecular complexity index is 1920. The molecule has 4 N–H and O–H groups in total. The van der Waals surface area contributed by atoms with E-state index in [1.807, 2.05) is 38.1 Å². The molecular weight excluding hydrogens is 540 g/mol. The summed E-state index contributed by atoms with van der Waals surface area (Å²) in [6.07, 6.45) is 2.42. The van der Waals surface area contributed by atoms with E-state index in [0.29, 0.717) is 24.2 Å². The number of carbonyl (C=O) groups is 2. The molecule has 0 aliphatic carbocycles. The number of carboxylic acid groups (broad SMARTS) is 2. The molecule has 3 aromatic heterocycles. The number of aryl methyl sites for hydroxylation is 2. The molecule has 0 amide bonds. The fourth-order valence-corrected chi connectivity index (χ4v) is 6.25. The maximum Gasteiger partial charge on any atom is 0.303 e. The van der Waals surface area contributed by atoms with Crippen LogP contribution < -0.4 is 0 Å². The van der Waals surface area contributed by atoms with Gasteiger partial charge in [-0.2, -0.15) is 0 Å². The predicted molar refractivity (Wildman–Crippen MR) is 173 cm³/mol. The summed E-state index contributed by atoms with van der Waals surface area (Å²) in [5.74, 6) is -1.49. The van der Waals surface area contributed by atoms with Crippen molar-refractivity contribution in [1.82, 2.24) is 19.9 Å². The molecule has 0 radical (unpaired) electrons. The Morgan fingerprint density at radius 2 is 1.23 bits per heavy atom. The number of rotatable bonds is 8. The number of carboxylic acids is 2. The Balaban J connectivity index is 1.94. The maximum atomic E-state index is 11.6. The van der Waals surface area contributed by atoms with Crippen LogP contribution in [-0.4, -0.2) is 42.1 Å². The van der Waals surface area contributed by atoms with Gasteiger partial charge in [0.1, 0.15) is 0 Å². The maximum absolute atomic E-state index is 11.6. The van der Waals surface area contributed by atoms with Gasteiger partial charge in [0.2, 0.25) is 0 Å². The van der Waals surface area contributed by atoms with Gasteiger partial charge in [0.05, 0.1) is 22.8 Å². The van der Waals surface area contributed by atoms with Gasteiger partial charge in [-0.15, -0.1) is 0 Å². The van der Waals surface area contributed by atoms with E-state index in [9.17, 15) is 19.8 Å². The van der Waals surface area contributed by atoms with Crippen LogP contribution in [0.3, 0.4) is 0 Å². The Labute approximate surface area is 251 Å². The minimum atomic E-state index is -0.882. The Hall–Kier alpha value is -4.72. The third kappa shape index (κ3) is 5.57. The Morgan fingerprint density at radius 3 is 1.72 bits per heavy atom. The van der Waals surface area contributed by atoms with Crippen molar-refractivity contribution in [2.75, 3.05) is 0 Å². The SMILES string of the molecule is C=Cc1c(C)c2cc3[nH]c(cc4nc(cc5nc(cc1[nH]2)C(C)=C5CCC(=O)O)C(CCC(=O)O)=C4C)c(C)c3C(C)C. The zero-order valence-corrected chi connectivity index (χ0v) is 25.6. The molecule has 0 saturated carbocycles. The molecule has 8 heteroatoms. The highest BCUT2D eigenvalue weighted by molar-refractivity contribution is 5.96. The number of aliphatic carboxylic acids is 2. The molecule has 8 nitrogen and oxygen atoms in total. The van der Waals surface area contributed by atoms with Crippen molar-refractivity contribution < 1.29 is 19.8 Å². The molecule has 0 saturated heterocycles. The van der Waals surface area contributed by atoms with Crippen LogP contribution in [0.15, 0.2) is 30.8 Å². The fraction of sp³-hybridized carbons (Fsp3) is 0.314. The average molecular weight is 579 g/mol. The molecular formula is C35H38N4O4. The zero-order valence-electron chi connectivity index (χ0n) is 25.6. The van der Waals surface area contributed by atoms with Crippen molar-refractivity contribution in [3.63, 3.8) is 0 Å². The zero-order chi connectivity index (χ0) is 31.2. The van der Waals surface area contributed by atoms with Gasteiger partial charge in [0.15, 0.2) is 0 Å². The standard InChI is InChI=1S/C35H38N4O4/c1-8-22-18(4)27-15-32-35(17(2)3)21(7)28(39-32)13-25-19(5)23(9-11-33(40)41)30(37-25)16-31-24(10-12-34(42)43)20(6)26(38-31)14-29(22)36-27/h8,13-17,36,39H,1,9-12H2,2-7H3,(H,40,41)(H,42,43). The summed E-state index contributed by atoms with van der Waals surface area (Å²) >= 11 is 0. The summed E-state index contributed by atoms with van der Waals surface area (Å²) in [5.41, 5.74) is 14.5. The monoisotopic (exact) mass is 578 g/mol. The number of hydrogen-bond donors (Lipinski definition) is 4. The fourth-order valence-electron chi connectivity index (χ4n) is 6.25. The summed E-state index contributed by atoms with van der Waals surface area (Å²) in [6, 6.07) is 8.06. The van der Waals surface area contributed by atoms with E-state index in [2.05, 4.69) is 50.3 Å². The lowest BCUT2D eigenvalue weighted by molar-refractivity contribution is -0.137. The van der Waals surface area contributed by atoms with Crippen LogP contribution in [0.2, 0.25) is 0 Å². The topological polar surface area (TPSA) is 132 Å². The first kappa shape index (κ1) is 29.8. The van der Waals surface area contributed by atoms with Gasteiger partial charge >= 0.3 is 11.9 Å². The van der Waals surface area contributed by atoms with E-state index in [1.165, 1.54) is 5.56 Å². The first-order valence-corrected chi connectivity index (χ1v) is 14.6. The summed E-state index contributed by atoms with van der Waals surface area (Å²) < 4.78 is 0. The van der Waals surface area contributed by atoms with E-state index in [1.54, 1.807) is 0 Å². The summed E-state index contributed by atoms with van der Waals surface area (Å²) in [7, 11) is 0.